The zero-order valence-corrected chi connectivity index (χ0v) is 9.34. The van der Waals surface area contributed by atoms with Gasteiger partial charge in [0, 0.05) is 0 Å². The van der Waals surface area contributed by atoms with Gasteiger partial charge in [0.1, 0.15) is 0 Å². The fourth-order valence-corrected chi connectivity index (χ4v) is 1.23. The Kier molecular flexibility index (Phi) is 5.72. The van der Waals surface area contributed by atoms with Gasteiger partial charge in [0.25, 0.3) is 0 Å². The molecule has 4 N–H and O–H groups in total. The van der Waals surface area contributed by atoms with E-state index in [0.29, 0.717) is 19.3 Å². The van der Waals surface area contributed by atoms with Crippen LogP contribution in [0, 0.1) is 0 Å². The molecule has 0 unspecified atom stereocenters. The van der Waals surface area contributed by atoms with Crippen LogP contribution < -0.4 is 11.1 Å². The summed E-state index contributed by atoms with van der Waals surface area (Å²) in [4.78, 5) is 11.5. The van der Waals surface area contributed by atoms with Crippen molar-refractivity contribution in [1.29, 1.82) is 0 Å². The van der Waals surface area contributed by atoms with E-state index >= 15 is 0 Å². The summed E-state index contributed by atoms with van der Waals surface area (Å²) in [6.07, 6.45) is 2.03. The van der Waals surface area contributed by atoms with Crippen molar-refractivity contribution >= 4 is 5.91 Å². The average molecular weight is 202 g/mol. The summed E-state index contributed by atoms with van der Waals surface area (Å²) in [6.45, 7) is 5.71. The van der Waals surface area contributed by atoms with Crippen LogP contribution in [0.5, 0.6) is 0 Å². The number of aliphatic hydroxyl groups excluding tert-OH is 1. The molecule has 0 aliphatic rings. The van der Waals surface area contributed by atoms with Crippen LogP contribution in [-0.2, 0) is 4.79 Å². The van der Waals surface area contributed by atoms with Gasteiger partial charge in [0.2, 0.25) is 5.91 Å². The number of carbonyl (C=O) groups excluding carboxylic acids is 1. The van der Waals surface area contributed by atoms with Gasteiger partial charge in [0.05, 0.1) is 18.2 Å². The molecule has 14 heavy (non-hydrogen) atoms. The number of nitrogens with one attached hydrogen (secondary N) is 1. The Balaban J connectivity index is 4.37. The molecule has 0 rings (SSSR count). The molecule has 84 valence electrons. The minimum Gasteiger partial charge on any atom is -0.394 e. The smallest absolute Gasteiger partial charge is 0.237 e. The summed E-state index contributed by atoms with van der Waals surface area (Å²) in [5, 5.41) is 12.0. The van der Waals surface area contributed by atoms with Gasteiger partial charge in [0.15, 0.2) is 0 Å². The molecule has 4 heteroatoms. The summed E-state index contributed by atoms with van der Waals surface area (Å²) in [5.74, 6) is -0.176. The zero-order valence-electron chi connectivity index (χ0n) is 9.34. The third kappa shape index (κ3) is 3.27. The van der Waals surface area contributed by atoms with Gasteiger partial charge in [-0.2, -0.15) is 0 Å². The SMILES string of the molecule is CC[C@@H](N)C(=O)NC(CC)(CC)CO. The van der Waals surface area contributed by atoms with Crippen molar-refractivity contribution in [2.75, 3.05) is 6.61 Å². The van der Waals surface area contributed by atoms with E-state index in [0.717, 1.165) is 0 Å². The molecule has 0 aromatic carbocycles. The third-order valence-corrected chi connectivity index (χ3v) is 2.82. The van der Waals surface area contributed by atoms with Gasteiger partial charge in [-0.05, 0) is 19.3 Å². The maximum Gasteiger partial charge on any atom is 0.237 e. The molecule has 0 aliphatic carbocycles. The first-order valence-corrected chi connectivity index (χ1v) is 5.23. The largest absolute Gasteiger partial charge is 0.394 e. The van der Waals surface area contributed by atoms with Crippen LogP contribution in [0.4, 0.5) is 0 Å². The number of amides is 1. The Bertz CT molecular complexity index is 171. The van der Waals surface area contributed by atoms with E-state index in [4.69, 9.17) is 5.73 Å². The van der Waals surface area contributed by atoms with E-state index in [1.165, 1.54) is 0 Å². The predicted octanol–water partition coefficient (Wildman–Crippen LogP) is 0.391. The average Bonchev–Trinajstić information content (AvgIpc) is 2.24. The number of rotatable bonds is 6. The van der Waals surface area contributed by atoms with Crippen LogP contribution in [0.3, 0.4) is 0 Å². The van der Waals surface area contributed by atoms with Gasteiger partial charge in [-0.25, -0.2) is 0 Å². The van der Waals surface area contributed by atoms with Crippen LogP contribution in [0.15, 0.2) is 0 Å². The maximum atomic E-state index is 11.5. The quantitative estimate of drug-likeness (QED) is 0.583. The Morgan fingerprint density at radius 3 is 2.21 bits per heavy atom. The highest BCUT2D eigenvalue weighted by atomic mass is 16.3. The van der Waals surface area contributed by atoms with Gasteiger partial charge in [-0.1, -0.05) is 20.8 Å². The van der Waals surface area contributed by atoms with E-state index in [9.17, 15) is 9.90 Å². The normalized spacial score (nSPS) is 13.8. The standard InChI is InChI=1S/C10H22N2O2/c1-4-8(11)9(14)12-10(5-2,6-3)7-13/h8,13H,4-7,11H2,1-3H3,(H,12,14)/t8-/m1/s1. The molecule has 0 aromatic heterocycles. The van der Waals surface area contributed by atoms with Gasteiger partial charge in [-0.3, -0.25) is 4.79 Å². The molecule has 1 atom stereocenters. The van der Waals surface area contributed by atoms with Crippen molar-refractivity contribution in [3.63, 3.8) is 0 Å². The van der Waals surface area contributed by atoms with E-state index in [-0.39, 0.29) is 12.5 Å². The van der Waals surface area contributed by atoms with Crippen LogP contribution >= 0.6 is 0 Å². The van der Waals surface area contributed by atoms with Crippen molar-refractivity contribution in [3.8, 4) is 0 Å². The van der Waals surface area contributed by atoms with Crippen molar-refractivity contribution in [2.45, 2.75) is 51.6 Å². The highest BCUT2D eigenvalue weighted by Crippen LogP contribution is 2.14. The summed E-state index contributed by atoms with van der Waals surface area (Å²) < 4.78 is 0. The lowest BCUT2D eigenvalue weighted by molar-refractivity contribution is -0.125. The molecule has 0 saturated carbocycles. The molecule has 0 heterocycles. The number of hydrogen-bond acceptors (Lipinski definition) is 3. The van der Waals surface area contributed by atoms with Gasteiger partial charge < -0.3 is 16.2 Å². The second kappa shape index (κ2) is 5.98. The lowest BCUT2D eigenvalue weighted by Gasteiger charge is -2.31. The summed E-state index contributed by atoms with van der Waals surface area (Å²) in [7, 11) is 0. The molecule has 0 saturated heterocycles. The maximum absolute atomic E-state index is 11.5. The minimum absolute atomic E-state index is 0.0395. The molecule has 0 fully saturated rings. The monoisotopic (exact) mass is 202 g/mol. The first-order chi connectivity index (χ1) is 6.55. The Morgan fingerprint density at radius 2 is 1.93 bits per heavy atom. The van der Waals surface area contributed by atoms with Gasteiger partial charge >= 0.3 is 0 Å². The molecular weight excluding hydrogens is 180 g/mol. The van der Waals surface area contributed by atoms with E-state index in [1.807, 2.05) is 20.8 Å². The molecule has 0 spiro atoms. The fourth-order valence-electron chi connectivity index (χ4n) is 1.23. The lowest BCUT2D eigenvalue weighted by atomic mass is 9.93. The van der Waals surface area contributed by atoms with E-state index in [1.54, 1.807) is 0 Å². The van der Waals surface area contributed by atoms with Crippen LogP contribution in [0.25, 0.3) is 0 Å². The molecule has 0 radical (unpaired) electrons. The molecule has 1 amide bonds. The summed E-state index contributed by atoms with van der Waals surface area (Å²) >= 11 is 0. The summed E-state index contributed by atoms with van der Waals surface area (Å²) in [5.41, 5.74) is 5.10. The second-order valence-electron chi connectivity index (χ2n) is 3.65. The fraction of sp³-hybridized carbons (Fsp3) is 0.900. The number of carbonyl (C=O) groups is 1. The third-order valence-electron chi connectivity index (χ3n) is 2.82. The van der Waals surface area contributed by atoms with Crippen LogP contribution in [0.1, 0.15) is 40.0 Å². The van der Waals surface area contributed by atoms with Crippen LogP contribution in [-0.4, -0.2) is 29.2 Å². The highest BCUT2D eigenvalue weighted by molar-refractivity contribution is 5.82. The number of nitrogens with two attached hydrogens (primary N) is 1. The number of hydrogen-bond donors (Lipinski definition) is 3. The van der Waals surface area contributed by atoms with E-state index in [2.05, 4.69) is 5.32 Å². The minimum atomic E-state index is -0.496. The summed E-state index contributed by atoms with van der Waals surface area (Å²) in [6, 6.07) is -0.473. The molecule has 0 aromatic rings. The van der Waals surface area contributed by atoms with Crippen molar-refractivity contribution in [1.82, 2.24) is 5.32 Å². The topological polar surface area (TPSA) is 75.4 Å². The highest BCUT2D eigenvalue weighted by Gasteiger charge is 2.28. The Morgan fingerprint density at radius 1 is 1.43 bits per heavy atom. The number of aliphatic hydroxyl groups is 1. The molecule has 0 aliphatic heterocycles. The molecular formula is C10H22N2O2. The first kappa shape index (κ1) is 13.4. The van der Waals surface area contributed by atoms with Gasteiger partial charge in [-0.15, -0.1) is 0 Å². The second-order valence-corrected chi connectivity index (χ2v) is 3.65. The van der Waals surface area contributed by atoms with Crippen molar-refractivity contribution < 1.29 is 9.90 Å². The van der Waals surface area contributed by atoms with E-state index < -0.39 is 11.6 Å². The first-order valence-electron chi connectivity index (χ1n) is 5.23. The zero-order chi connectivity index (χ0) is 11.2. The van der Waals surface area contributed by atoms with Crippen LogP contribution in [0.2, 0.25) is 0 Å². The van der Waals surface area contributed by atoms with Crippen molar-refractivity contribution in [3.05, 3.63) is 0 Å². The lowest BCUT2D eigenvalue weighted by Crippen LogP contribution is -2.55. The predicted molar refractivity (Wildman–Crippen MR) is 56.8 cm³/mol. The molecule has 0 bridgehead atoms. The molecule has 4 nitrogen and oxygen atoms in total. The Labute approximate surface area is 85.9 Å². The Hall–Kier alpha value is -0.610. The van der Waals surface area contributed by atoms with Crippen molar-refractivity contribution in [2.24, 2.45) is 5.73 Å².